The van der Waals surface area contributed by atoms with E-state index in [2.05, 4.69) is 25.4 Å². The Hall–Kier alpha value is 0.230. The zero-order chi connectivity index (χ0) is 11.6. The van der Waals surface area contributed by atoms with Crippen LogP contribution in [0.25, 0.3) is 0 Å². The number of hydrogen-bond donors (Lipinski definition) is 2. The van der Waals surface area contributed by atoms with Crippen LogP contribution in [0.4, 0.5) is 0 Å². The average Bonchev–Trinajstić information content (AvgIpc) is 2.29. The normalized spacial score (nSPS) is 12.0. The van der Waals surface area contributed by atoms with Crippen molar-refractivity contribution in [3.8, 4) is 0 Å². The van der Waals surface area contributed by atoms with E-state index in [9.17, 15) is 0 Å². The predicted molar refractivity (Wildman–Crippen MR) is 67.6 cm³/mol. The summed E-state index contributed by atoms with van der Waals surface area (Å²) in [6.07, 6.45) is 4.56. The lowest BCUT2D eigenvalue weighted by Crippen LogP contribution is -2.38. The first-order valence-electron chi connectivity index (χ1n) is 5.69. The number of nitrogens with one attached hydrogen (secondary N) is 1. The maximum Gasteiger partial charge on any atom is 0.0698 e. The van der Waals surface area contributed by atoms with Crippen molar-refractivity contribution in [1.29, 1.82) is 0 Å². The third kappa shape index (κ3) is 6.40. The van der Waals surface area contributed by atoms with Crippen LogP contribution in [0.5, 0.6) is 0 Å². The molecule has 0 bridgehead atoms. The van der Waals surface area contributed by atoms with E-state index in [4.69, 9.17) is 9.84 Å². The number of rotatable bonds is 10. The maximum atomic E-state index is 8.52. The van der Waals surface area contributed by atoms with Crippen molar-refractivity contribution >= 4 is 11.8 Å². The lowest BCUT2D eigenvalue weighted by Gasteiger charge is -2.29. The second-order valence-electron chi connectivity index (χ2n) is 3.61. The van der Waals surface area contributed by atoms with Gasteiger partial charge in [-0.15, -0.1) is 0 Å². The molecule has 0 atom stereocenters. The van der Waals surface area contributed by atoms with Crippen molar-refractivity contribution < 1.29 is 9.84 Å². The van der Waals surface area contributed by atoms with E-state index < -0.39 is 0 Å². The quantitative estimate of drug-likeness (QED) is 0.563. The molecule has 0 spiro atoms. The SMILES string of the molecule is CCC(CC)(CNCCOCCO)SC. The van der Waals surface area contributed by atoms with Gasteiger partial charge in [0.15, 0.2) is 0 Å². The molecule has 3 nitrogen and oxygen atoms in total. The van der Waals surface area contributed by atoms with Gasteiger partial charge < -0.3 is 15.2 Å². The molecule has 0 aliphatic rings. The summed E-state index contributed by atoms with van der Waals surface area (Å²) < 4.78 is 5.55. The summed E-state index contributed by atoms with van der Waals surface area (Å²) in [5.41, 5.74) is 0. The summed E-state index contributed by atoms with van der Waals surface area (Å²) in [5.74, 6) is 0. The fourth-order valence-electron chi connectivity index (χ4n) is 1.49. The Kier molecular flexibility index (Phi) is 9.60. The minimum absolute atomic E-state index is 0.110. The van der Waals surface area contributed by atoms with Gasteiger partial charge in [-0.2, -0.15) is 11.8 Å². The molecule has 0 fully saturated rings. The Bertz CT molecular complexity index is 132. The van der Waals surface area contributed by atoms with E-state index in [1.165, 1.54) is 12.8 Å². The Morgan fingerprint density at radius 3 is 2.40 bits per heavy atom. The topological polar surface area (TPSA) is 41.5 Å². The van der Waals surface area contributed by atoms with E-state index in [0.717, 1.165) is 13.1 Å². The van der Waals surface area contributed by atoms with Gasteiger partial charge in [0, 0.05) is 17.8 Å². The molecule has 0 heterocycles. The van der Waals surface area contributed by atoms with E-state index in [1.54, 1.807) is 0 Å². The molecule has 0 saturated carbocycles. The smallest absolute Gasteiger partial charge is 0.0698 e. The summed E-state index contributed by atoms with van der Waals surface area (Å²) >= 11 is 1.94. The second kappa shape index (κ2) is 9.46. The van der Waals surface area contributed by atoms with Crippen LogP contribution in [-0.2, 0) is 4.74 Å². The highest BCUT2D eigenvalue weighted by Crippen LogP contribution is 2.29. The van der Waals surface area contributed by atoms with E-state index in [1.807, 2.05) is 11.8 Å². The summed E-state index contributed by atoms with van der Waals surface area (Å²) in [4.78, 5) is 0. The molecule has 0 radical (unpaired) electrons. The first-order valence-corrected chi connectivity index (χ1v) is 6.91. The third-order valence-corrected chi connectivity index (χ3v) is 4.42. The highest BCUT2D eigenvalue weighted by molar-refractivity contribution is 8.00. The second-order valence-corrected chi connectivity index (χ2v) is 4.88. The molecule has 0 aromatic heterocycles. The van der Waals surface area contributed by atoms with Crippen molar-refractivity contribution in [2.45, 2.75) is 31.4 Å². The van der Waals surface area contributed by atoms with Gasteiger partial charge in [-0.05, 0) is 19.1 Å². The van der Waals surface area contributed by atoms with Crippen LogP contribution in [0.3, 0.4) is 0 Å². The molecule has 0 unspecified atom stereocenters. The monoisotopic (exact) mass is 235 g/mol. The molecule has 0 aromatic carbocycles. The standard InChI is InChI=1S/C11H25NO2S/c1-4-11(5-2,15-3)10-12-6-8-14-9-7-13/h12-13H,4-10H2,1-3H3. The molecule has 15 heavy (non-hydrogen) atoms. The highest BCUT2D eigenvalue weighted by Gasteiger charge is 2.23. The van der Waals surface area contributed by atoms with E-state index in [-0.39, 0.29) is 6.61 Å². The van der Waals surface area contributed by atoms with Gasteiger partial charge in [0.25, 0.3) is 0 Å². The third-order valence-electron chi connectivity index (χ3n) is 2.83. The summed E-state index contributed by atoms with van der Waals surface area (Å²) in [6, 6.07) is 0. The Morgan fingerprint density at radius 2 is 1.93 bits per heavy atom. The molecular formula is C11H25NO2S. The van der Waals surface area contributed by atoms with Gasteiger partial charge in [-0.1, -0.05) is 13.8 Å². The van der Waals surface area contributed by atoms with E-state index >= 15 is 0 Å². The number of hydrogen-bond acceptors (Lipinski definition) is 4. The number of aliphatic hydroxyl groups is 1. The van der Waals surface area contributed by atoms with Crippen molar-refractivity contribution in [1.82, 2.24) is 5.32 Å². The van der Waals surface area contributed by atoms with Crippen LogP contribution in [0.2, 0.25) is 0 Å². The minimum Gasteiger partial charge on any atom is -0.394 e. The van der Waals surface area contributed by atoms with Crippen molar-refractivity contribution in [3.63, 3.8) is 0 Å². The van der Waals surface area contributed by atoms with Crippen LogP contribution < -0.4 is 5.32 Å². The number of ether oxygens (including phenoxy) is 1. The van der Waals surface area contributed by atoms with Gasteiger partial charge in [0.1, 0.15) is 0 Å². The molecule has 0 amide bonds. The number of aliphatic hydroxyl groups excluding tert-OH is 1. The molecule has 2 N–H and O–H groups in total. The van der Waals surface area contributed by atoms with Crippen molar-refractivity contribution in [2.24, 2.45) is 0 Å². The Morgan fingerprint density at radius 1 is 1.27 bits per heavy atom. The Labute approximate surface area is 98.0 Å². The molecule has 0 aliphatic heterocycles. The van der Waals surface area contributed by atoms with Crippen LogP contribution in [0.15, 0.2) is 0 Å². The fourth-order valence-corrected chi connectivity index (χ4v) is 2.31. The van der Waals surface area contributed by atoms with Crippen LogP contribution >= 0.6 is 11.8 Å². The molecule has 0 rings (SSSR count). The van der Waals surface area contributed by atoms with Crippen molar-refractivity contribution in [2.75, 3.05) is 39.2 Å². The molecule has 4 heteroatoms. The molecule has 92 valence electrons. The molecule has 0 saturated heterocycles. The summed E-state index contributed by atoms with van der Waals surface area (Å²) in [7, 11) is 0. The van der Waals surface area contributed by atoms with Gasteiger partial charge in [-0.3, -0.25) is 0 Å². The van der Waals surface area contributed by atoms with Crippen LogP contribution in [0.1, 0.15) is 26.7 Å². The highest BCUT2D eigenvalue weighted by atomic mass is 32.2. The van der Waals surface area contributed by atoms with Gasteiger partial charge in [0.2, 0.25) is 0 Å². The van der Waals surface area contributed by atoms with Crippen molar-refractivity contribution in [3.05, 3.63) is 0 Å². The molecular weight excluding hydrogens is 210 g/mol. The molecule has 0 aliphatic carbocycles. The molecule has 0 aromatic rings. The van der Waals surface area contributed by atoms with Gasteiger partial charge >= 0.3 is 0 Å². The first kappa shape index (κ1) is 15.2. The van der Waals surface area contributed by atoms with E-state index in [0.29, 0.717) is 18.0 Å². The zero-order valence-electron chi connectivity index (χ0n) is 10.2. The van der Waals surface area contributed by atoms with Gasteiger partial charge in [-0.25, -0.2) is 0 Å². The lowest BCUT2D eigenvalue weighted by atomic mass is 10.0. The zero-order valence-corrected chi connectivity index (χ0v) is 11.0. The summed E-state index contributed by atoms with van der Waals surface area (Å²) in [5, 5.41) is 11.9. The average molecular weight is 235 g/mol. The van der Waals surface area contributed by atoms with Crippen LogP contribution in [-0.4, -0.2) is 49.0 Å². The summed E-state index contributed by atoms with van der Waals surface area (Å²) in [6.45, 7) is 7.61. The minimum atomic E-state index is 0.110. The van der Waals surface area contributed by atoms with Gasteiger partial charge in [0.05, 0.1) is 19.8 Å². The maximum absolute atomic E-state index is 8.52. The predicted octanol–water partition coefficient (Wildman–Crippen LogP) is 1.51. The van der Waals surface area contributed by atoms with Crippen LogP contribution in [0, 0.1) is 0 Å². The first-order chi connectivity index (χ1) is 7.24. The Balaban J connectivity index is 3.54. The lowest BCUT2D eigenvalue weighted by molar-refractivity contribution is 0.0936. The fraction of sp³-hybridized carbons (Fsp3) is 1.00. The largest absolute Gasteiger partial charge is 0.394 e. The number of thioether (sulfide) groups is 1.